The third-order valence-electron chi connectivity index (χ3n) is 13.8. The molecule has 0 aromatic heterocycles. The first-order chi connectivity index (χ1) is 38.9. The van der Waals surface area contributed by atoms with Crippen molar-refractivity contribution >= 4 is 35.9 Å². The molecule has 1 heterocycles. The summed E-state index contributed by atoms with van der Waals surface area (Å²) in [5.74, 6) is -0.761. The van der Waals surface area contributed by atoms with Crippen LogP contribution >= 0.6 is 0 Å². The predicted molar refractivity (Wildman–Crippen MR) is 325 cm³/mol. The van der Waals surface area contributed by atoms with Crippen LogP contribution in [0, 0.1) is 29.1 Å². The van der Waals surface area contributed by atoms with Crippen molar-refractivity contribution in [2.75, 3.05) is 125 Å². The van der Waals surface area contributed by atoms with Gasteiger partial charge in [0.25, 0.3) is 0 Å². The molecule has 2 aromatic rings. The number of amides is 2. The number of carbonyl (C=O) groups is 6. The van der Waals surface area contributed by atoms with Gasteiger partial charge in [0.05, 0.1) is 71.4 Å². The summed E-state index contributed by atoms with van der Waals surface area (Å²) in [6, 6.07) is 17.7. The fourth-order valence-corrected chi connectivity index (χ4v) is 9.27. The van der Waals surface area contributed by atoms with E-state index in [2.05, 4.69) is 47.9 Å². The van der Waals surface area contributed by atoms with Gasteiger partial charge in [0.15, 0.2) is 0 Å². The van der Waals surface area contributed by atoms with Gasteiger partial charge in [-0.2, -0.15) is 0 Å². The van der Waals surface area contributed by atoms with Crippen molar-refractivity contribution in [1.82, 2.24) is 29.4 Å². The molecule has 2 amide bonds. The van der Waals surface area contributed by atoms with Gasteiger partial charge in [-0.15, -0.1) is 0 Å². The summed E-state index contributed by atoms with van der Waals surface area (Å²) in [5, 5.41) is 0. The number of esters is 4. The third-order valence-corrected chi connectivity index (χ3v) is 13.8. The van der Waals surface area contributed by atoms with Crippen LogP contribution in [-0.2, 0) is 71.8 Å². The molecule has 1 fully saturated rings. The molecule has 3 rings (SSSR count). The highest BCUT2D eigenvalue weighted by atomic mass is 16.6. The fraction of sp³-hybridized carbons (Fsp3) is 0.723. The maximum Gasteiger partial charge on any atom is 0.411 e. The minimum Gasteiger partial charge on any atom is -0.464 e. The summed E-state index contributed by atoms with van der Waals surface area (Å²) in [7, 11) is 0. The van der Waals surface area contributed by atoms with Gasteiger partial charge in [-0.25, -0.2) is 4.79 Å². The Bertz CT molecular complexity index is 2250. The van der Waals surface area contributed by atoms with Crippen molar-refractivity contribution in [3.63, 3.8) is 0 Å². The number of aryl methyl sites for hydroxylation is 1. The van der Waals surface area contributed by atoms with Gasteiger partial charge >= 0.3 is 30.0 Å². The number of rotatable bonds is 31. The van der Waals surface area contributed by atoms with Crippen molar-refractivity contribution in [3.8, 4) is 0 Å². The highest BCUT2D eigenvalue weighted by Gasteiger charge is 2.36. The first kappa shape index (κ1) is 72.1. The van der Waals surface area contributed by atoms with Crippen LogP contribution in [0.3, 0.4) is 0 Å². The van der Waals surface area contributed by atoms with Gasteiger partial charge in [0.1, 0.15) is 5.60 Å². The van der Waals surface area contributed by atoms with E-state index in [4.69, 9.17) is 28.4 Å². The molecule has 18 nitrogen and oxygen atoms in total. The summed E-state index contributed by atoms with van der Waals surface area (Å²) in [5.41, 5.74) is 1.22. The molecule has 1 atom stereocenters. The van der Waals surface area contributed by atoms with E-state index in [0.29, 0.717) is 105 Å². The Balaban J connectivity index is 1.87. The third kappa shape index (κ3) is 30.5. The lowest BCUT2D eigenvalue weighted by molar-refractivity contribution is -0.149. The first-order valence-electron chi connectivity index (χ1n) is 30.4. The van der Waals surface area contributed by atoms with Crippen LogP contribution in [0.4, 0.5) is 4.79 Å². The van der Waals surface area contributed by atoms with E-state index < -0.39 is 22.6 Å². The zero-order chi connectivity index (χ0) is 61.9. The summed E-state index contributed by atoms with van der Waals surface area (Å²) in [4.78, 5) is 93.1. The predicted octanol–water partition coefficient (Wildman–Crippen LogP) is 8.66. The first-order valence-corrected chi connectivity index (χ1v) is 30.4. The van der Waals surface area contributed by atoms with Crippen molar-refractivity contribution < 1.29 is 57.2 Å². The average molecular weight is 1170 g/mol. The Kier molecular flexibility index (Phi) is 31.3. The molecule has 0 N–H and O–H groups in total. The molecular formula is C65H108N6O12. The second kappa shape index (κ2) is 36.0. The molecule has 0 radical (unpaired) electrons. The van der Waals surface area contributed by atoms with Crippen LogP contribution < -0.4 is 0 Å². The van der Waals surface area contributed by atoms with Gasteiger partial charge in [-0.1, -0.05) is 124 Å². The van der Waals surface area contributed by atoms with E-state index >= 15 is 0 Å². The number of carbonyl (C=O) groups excluding carboxylic acids is 6. The Labute approximate surface area is 499 Å². The molecule has 1 aliphatic heterocycles. The summed E-state index contributed by atoms with van der Waals surface area (Å²) >= 11 is 0. The molecule has 0 saturated carbocycles. The Morgan fingerprint density at radius 2 is 1.00 bits per heavy atom. The number of benzene rings is 2. The van der Waals surface area contributed by atoms with Crippen molar-refractivity contribution in [2.24, 2.45) is 29.1 Å². The Morgan fingerprint density at radius 1 is 0.554 bits per heavy atom. The second-order valence-electron chi connectivity index (χ2n) is 26.7. The standard InChI is InChI=1S/C65H108N6O12/c1-17-69(46-64(13,14)47-78-48-65(15,16)71(62(77)83-63(10,11)12)36-55-21-19-18-20-22-55)57(72)28-27-53-23-25-54(26-24-53)35-56-37-68(40-60(75)81-44-51(6)7)32-31-66(38-58(73)79-42-49(2)3)29-30-67(39-59(74)80-43-50(4)5)33-34-70(56)41-61(76)82-45-52(8)9/h18-26,49-52,56H,17,27-48H2,1-16H3/t56-/m0/s1. The van der Waals surface area contributed by atoms with Crippen molar-refractivity contribution in [2.45, 2.75) is 154 Å². The average Bonchev–Trinajstić information content (AvgIpc) is 3.39. The monoisotopic (exact) mass is 1160 g/mol. The highest BCUT2D eigenvalue weighted by molar-refractivity contribution is 5.76. The van der Waals surface area contributed by atoms with Crippen LogP contribution in [0.25, 0.3) is 0 Å². The largest absolute Gasteiger partial charge is 0.464 e. The second-order valence-corrected chi connectivity index (χ2v) is 26.7. The minimum absolute atomic E-state index is 0.00220. The van der Waals surface area contributed by atoms with Crippen molar-refractivity contribution in [1.29, 1.82) is 0 Å². The van der Waals surface area contributed by atoms with Crippen LogP contribution in [0.5, 0.6) is 0 Å². The smallest absolute Gasteiger partial charge is 0.411 e. The lowest BCUT2D eigenvalue weighted by Gasteiger charge is -2.40. The van der Waals surface area contributed by atoms with Gasteiger partial charge in [0.2, 0.25) is 5.91 Å². The molecule has 0 bridgehead atoms. The quantitative estimate of drug-likeness (QED) is 0.0517. The molecule has 2 aromatic carbocycles. The molecule has 83 heavy (non-hydrogen) atoms. The Morgan fingerprint density at radius 3 is 1.47 bits per heavy atom. The van der Waals surface area contributed by atoms with Crippen LogP contribution in [0.15, 0.2) is 54.6 Å². The topological polar surface area (TPSA) is 177 Å². The van der Waals surface area contributed by atoms with Gasteiger partial charge < -0.3 is 33.3 Å². The van der Waals surface area contributed by atoms with E-state index in [1.807, 2.05) is 142 Å². The summed E-state index contributed by atoms with van der Waals surface area (Å²) in [6.45, 7) is 37.7. The molecule has 0 spiro atoms. The van der Waals surface area contributed by atoms with Gasteiger partial charge in [0, 0.05) is 83.3 Å². The normalized spacial score (nSPS) is 15.9. The van der Waals surface area contributed by atoms with Gasteiger partial charge in [-0.05, 0) is 94.7 Å². The van der Waals surface area contributed by atoms with Crippen LogP contribution in [-0.4, -0.2) is 207 Å². The van der Waals surface area contributed by atoms with E-state index in [0.717, 1.165) is 16.7 Å². The molecular weight excluding hydrogens is 1060 g/mol. The lowest BCUT2D eigenvalue weighted by Crippen LogP contribution is -2.53. The van der Waals surface area contributed by atoms with Crippen LogP contribution in [0.2, 0.25) is 0 Å². The zero-order valence-corrected chi connectivity index (χ0v) is 53.9. The van der Waals surface area contributed by atoms with E-state index in [9.17, 15) is 28.8 Å². The maximum absolute atomic E-state index is 13.9. The SMILES string of the molecule is CCN(CC(C)(C)COCC(C)(C)N(Cc1ccccc1)C(=O)OC(C)(C)C)C(=O)CCc1ccc(C[C@H]2CN(CC(=O)OCC(C)C)CCN(CC(=O)OCC(C)C)CCN(CC(=O)OCC(C)C)CCN2CC(=O)OCC(C)C)cc1. The lowest BCUT2D eigenvalue weighted by atomic mass is 9.93. The molecule has 0 unspecified atom stereocenters. The minimum atomic E-state index is -0.706. The highest BCUT2D eigenvalue weighted by Crippen LogP contribution is 2.26. The number of ether oxygens (including phenoxy) is 6. The molecule has 18 heteroatoms. The Hall–Kier alpha value is -5.14. The number of hydrogen-bond acceptors (Lipinski definition) is 16. The van der Waals surface area contributed by atoms with E-state index in [1.54, 1.807) is 4.90 Å². The fourth-order valence-electron chi connectivity index (χ4n) is 9.27. The number of hydrogen-bond donors (Lipinski definition) is 0. The molecule has 1 saturated heterocycles. The molecule has 1 aliphatic rings. The number of nitrogens with zero attached hydrogens (tertiary/aromatic N) is 6. The summed E-state index contributed by atoms with van der Waals surface area (Å²) < 4.78 is 35.0. The summed E-state index contributed by atoms with van der Waals surface area (Å²) in [6.07, 6.45) is 0.930. The zero-order valence-electron chi connectivity index (χ0n) is 53.9. The van der Waals surface area contributed by atoms with E-state index in [-0.39, 0.29) is 105 Å². The maximum atomic E-state index is 13.9. The van der Waals surface area contributed by atoms with Crippen LogP contribution in [0.1, 0.15) is 134 Å². The molecule has 0 aliphatic carbocycles. The molecule has 470 valence electrons. The van der Waals surface area contributed by atoms with Crippen molar-refractivity contribution in [3.05, 3.63) is 71.3 Å². The van der Waals surface area contributed by atoms with E-state index in [1.165, 1.54) is 0 Å². The van der Waals surface area contributed by atoms with Gasteiger partial charge in [-0.3, -0.25) is 48.5 Å².